The Balaban J connectivity index is 0.00000225. The lowest BCUT2D eigenvalue weighted by atomic mass is 10.2. The van der Waals surface area contributed by atoms with Gasteiger partial charge in [-0.15, -0.1) is 12.4 Å². The number of benzene rings is 1. The third-order valence-electron chi connectivity index (χ3n) is 4.11. The van der Waals surface area contributed by atoms with Gasteiger partial charge in [-0.25, -0.2) is 0 Å². The largest absolute Gasteiger partial charge is 0.460 e. The monoisotopic (exact) mass is 490 g/mol. The van der Waals surface area contributed by atoms with Gasteiger partial charge in [0.15, 0.2) is 0 Å². The molecule has 0 unspecified atom stereocenters. The molecule has 0 saturated carbocycles. The number of nitrogens with zero attached hydrogens (tertiary/aromatic N) is 1. The molecule has 1 saturated heterocycles. The lowest BCUT2D eigenvalue weighted by Gasteiger charge is -2.15. The molecule has 3 rings (SSSR count). The lowest BCUT2D eigenvalue weighted by Crippen LogP contribution is -2.28. The van der Waals surface area contributed by atoms with Crippen molar-refractivity contribution >= 4 is 50.2 Å². The van der Waals surface area contributed by atoms with Gasteiger partial charge in [0.05, 0.1) is 6.54 Å². The van der Waals surface area contributed by atoms with Gasteiger partial charge in [-0.1, -0.05) is 15.9 Å². The first-order chi connectivity index (χ1) is 11.6. The van der Waals surface area contributed by atoms with Crippen LogP contribution in [0.2, 0.25) is 0 Å². The van der Waals surface area contributed by atoms with Gasteiger partial charge in [0.2, 0.25) is 5.91 Å². The fourth-order valence-electron chi connectivity index (χ4n) is 2.85. The highest BCUT2D eigenvalue weighted by Gasteiger charge is 2.18. The second-order valence-electron chi connectivity index (χ2n) is 5.90. The standard InChI is InChI=1S/C18H20Br2N2O2.ClH/c19-13-4-6-15(16(20)11-13)17-7-5-14(24-17)12-21-8-2-10-22-9-1-3-18(22)23;/h4-7,11,21H,1-3,8-10,12H2;1H. The first kappa shape index (κ1) is 20.5. The summed E-state index contributed by atoms with van der Waals surface area (Å²) in [6, 6.07) is 10.0. The van der Waals surface area contributed by atoms with Crippen molar-refractivity contribution in [2.45, 2.75) is 25.8 Å². The topological polar surface area (TPSA) is 45.5 Å². The van der Waals surface area contributed by atoms with E-state index < -0.39 is 0 Å². The van der Waals surface area contributed by atoms with Crippen LogP contribution >= 0.6 is 44.3 Å². The Morgan fingerprint density at radius 2 is 2.04 bits per heavy atom. The molecule has 2 heterocycles. The molecule has 0 radical (unpaired) electrons. The van der Waals surface area contributed by atoms with Crippen LogP contribution < -0.4 is 5.32 Å². The number of nitrogens with one attached hydrogen (secondary N) is 1. The summed E-state index contributed by atoms with van der Waals surface area (Å²) in [5, 5.41) is 3.38. The Kier molecular flexibility index (Phi) is 8.00. The van der Waals surface area contributed by atoms with Crippen LogP contribution in [0.5, 0.6) is 0 Å². The average molecular weight is 493 g/mol. The molecule has 4 nitrogen and oxygen atoms in total. The van der Waals surface area contributed by atoms with E-state index in [9.17, 15) is 4.79 Å². The van der Waals surface area contributed by atoms with E-state index in [-0.39, 0.29) is 12.4 Å². The number of likely N-dealkylation sites (tertiary alicyclic amines) is 1. The zero-order valence-corrected chi connectivity index (χ0v) is 17.8. The maximum Gasteiger partial charge on any atom is 0.222 e. The van der Waals surface area contributed by atoms with Gasteiger partial charge in [-0.05, 0) is 65.6 Å². The molecule has 0 bridgehead atoms. The van der Waals surface area contributed by atoms with E-state index in [1.54, 1.807) is 0 Å². The Bertz CT molecular complexity index is 721. The van der Waals surface area contributed by atoms with E-state index in [4.69, 9.17) is 4.42 Å². The molecule has 0 spiro atoms. The molecule has 1 aromatic carbocycles. The summed E-state index contributed by atoms with van der Waals surface area (Å²) in [4.78, 5) is 13.5. The normalized spacial score (nSPS) is 14.0. The zero-order chi connectivity index (χ0) is 16.9. The number of hydrogen-bond acceptors (Lipinski definition) is 3. The van der Waals surface area contributed by atoms with Crippen molar-refractivity contribution in [3.63, 3.8) is 0 Å². The Hall–Kier alpha value is -0.820. The molecular formula is C18H21Br2ClN2O2. The van der Waals surface area contributed by atoms with E-state index in [2.05, 4.69) is 37.2 Å². The number of hydrogen-bond donors (Lipinski definition) is 1. The van der Waals surface area contributed by atoms with Crippen molar-refractivity contribution < 1.29 is 9.21 Å². The summed E-state index contributed by atoms with van der Waals surface area (Å²) >= 11 is 7.02. The van der Waals surface area contributed by atoms with Crippen LogP contribution in [0.15, 0.2) is 43.7 Å². The first-order valence-electron chi connectivity index (χ1n) is 8.16. The number of carbonyl (C=O) groups excluding carboxylic acids is 1. The fraction of sp³-hybridized carbons (Fsp3) is 0.389. The van der Waals surface area contributed by atoms with Gasteiger partial charge in [-0.3, -0.25) is 4.79 Å². The molecule has 2 aromatic rings. The minimum absolute atomic E-state index is 0. The predicted molar refractivity (Wildman–Crippen MR) is 109 cm³/mol. The van der Waals surface area contributed by atoms with Gasteiger partial charge in [-0.2, -0.15) is 0 Å². The van der Waals surface area contributed by atoms with Crippen LogP contribution in [0.4, 0.5) is 0 Å². The minimum Gasteiger partial charge on any atom is -0.460 e. The van der Waals surface area contributed by atoms with Gasteiger partial charge in [0.1, 0.15) is 11.5 Å². The quantitative estimate of drug-likeness (QED) is 0.554. The van der Waals surface area contributed by atoms with Crippen LogP contribution in [-0.4, -0.2) is 30.4 Å². The Morgan fingerprint density at radius 3 is 2.76 bits per heavy atom. The van der Waals surface area contributed by atoms with Gasteiger partial charge in [0, 0.05) is 34.0 Å². The summed E-state index contributed by atoms with van der Waals surface area (Å²) in [6.45, 7) is 3.34. The molecule has 25 heavy (non-hydrogen) atoms. The predicted octanol–water partition coefficient (Wildman–Crippen LogP) is 5.00. The maximum atomic E-state index is 11.5. The van der Waals surface area contributed by atoms with E-state index in [1.165, 1.54) is 0 Å². The smallest absolute Gasteiger partial charge is 0.222 e. The van der Waals surface area contributed by atoms with Gasteiger partial charge in [0.25, 0.3) is 0 Å². The van der Waals surface area contributed by atoms with Crippen molar-refractivity contribution in [2.24, 2.45) is 0 Å². The van der Waals surface area contributed by atoms with Crippen molar-refractivity contribution in [2.75, 3.05) is 19.6 Å². The zero-order valence-electron chi connectivity index (χ0n) is 13.8. The molecule has 0 aliphatic carbocycles. The third kappa shape index (κ3) is 5.58. The molecule has 1 fully saturated rings. The van der Waals surface area contributed by atoms with Crippen molar-refractivity contribution in [3.05, 3.63) is 45.0 Å². The SMILES string of the molecule is Cl.O=C1CCCN1CCCNCc1ccc(-c2ccc(Br)cc2Br)o1. The summed E-state index contributed by atoms with van der Waals surface area (Å²) in [5.41, 5.74) is 1.04. The van der Waals surface area contributed by atoms with E-state index in [1.807, 2.05) is 35.2 Å². The van der Waals surface area contributed by atoms with Gasteiger partial charge >= 0.3 is 0 Å². The average Bonchev–Trinajstić information content (AvgIpc) is 3.17. The number of halogens is 3. The second-order valence-corrected chi connectivity index (χ2v) is 7.67. The summed E-state index contributed by atoms with van der Waals surface area (Å²) in [6.07, 6.45) is 2.69. The lowest BCUT2D eigenvalue weighted by molar-refractivity contribution is -0.127. The highest BCUT2D eigenvalue weighted by Crippen LogP contribution is 2.31. The Morgan fingerprint density at radius 1 is 1.20 bits per heavy atom. The first-order valence-corrected chi connectivity index (χ1v) is 9.75. The van der Waals surface area contributed by atoms with Crippen molar-refractivity contribution in [1.82, 2.24) is 10.2 Å². The van der Waals surface area contributed by atoms with Gasteiger partial charge < -0.3 is 14.6 Å². The van der Waals surface area contributed by atoms with Crippen LogP contribution in [0.25, 0.3) is 11.3 Å². The molecule has 7 heteroatoms. The second kappa shape index (κ2) is 9.76. The van der Waals surface area contributed by atoms with Crippen LogP contribution in [0, 0.1) is 0 Å². The van der Waals surface area contributed by atoms with E-state index >= 15 is 0 Å². The molecule has 136 valence electrons. The highest BCUT2D eigenvalue weighted by molar-refractivity contribution is 9.11. The molecule has 0 atom stereocenters. The molecule has 1 aliphatic rings. The van der Waals surface area contributed by atoms with Crippen LogP contribution in [-0.2, 0) is 11.3 Å². The minimum atomic E-state index is 0. The molecule has 1 aliphatic heterocycles. The molecule has 1 amide bonds. The van der Waals surface area contributed by atoms with E-state index in [0.717, 1.165) is 58.5 Å². The van der Waals surface area contributed by atoms with Crippen LogP contribution in [0.3, 0.4) is 0 Å². The number of carbonyl (C=O) groups is 1. The maximum absolute atomic E-state index is 11.5. The summed E-state index contributed by atoms with van der Waals surface area (Å²) in [5.74, 6) is 2.07. The number of furan rings is 1. The Labute approximate surface area is 171 Å². The van der Waals surface area contributed by atoms with Crippen molar-refractivity contribution in [1.29, 1.82) is 0 Å². The highest BCUT2D eigenvalue weighted by atomic mass is 79.9. The van der Waals surface area contributed by atoms with Crippen molar-refractivity contribution in [3.8, 4) is 11.3 Å². The number of amides is 1. The molecule has 1 aromatic heterocycles. The fourth-order valence-corrected chi connectivity index (χ4v) is 4.10. The third-order valence-corrected chi connectivity index (χ3v) is 5.26. The summed E-state index contributed by atoms with van der Waals surface area (Å²) in [7, 11) is 0. The molecule has 1 N–H and O–H groups in total. The molecular weight excluding hydrogens is 471 g/mol. The summed E-state index contributed by atoms with van der Waals surface area (Å²) < 4.78 is 7.95. The van der Waals surface area contributed by atoms with E-state index in [0.29, 0.717) is 18.9 Å². The van der Waals surface area contributed by atoms with Crippen LogP contribution in [0.1, 0.15) is 25.0 Å². The number of rotatable bonds is 7.